The third-order valence-electron chi connectivity index (χ3n) is 3.29. The van der Waals surface area contributed by atoms with Gasteiger partial charge in [-0.15, -0.1) is 11.3 Å². The lowest BCUT2D eigenvalue weighted by atomic mass is 10.1. The van der Waals surface area contributed by atoms with Crippen molar-refractivity contribution in [3.63, 3.8) is 0 Å². The van der Waals surface area contributed by atoms with Crippen molar-refractivity contribution in [1.82, 2.24) is 15.3 Å². The second kappa shape index (κ2) is 6.11. The first-order valence-corrected chi connectivity index (χ1v) is 7.64. The van der Waals surface area contributed by atoms with Gasteiger partial charge in [-0.3, -0.25) is 4.98 Å². The molecule has 102 valence electrons. The van der Waals surface area contributed by atoms with Crippen LogP contribution in [0.1, 0.15) is 22.4 Å². The van der Waals surface area contributed by atoms with Gasteiger partial charge in [0, 0.05) is 41.9 Å². The molecule has 3 aromatic rings. The zero-order valence-electron chi connectivity index (χ0n) is 11.5. The van der Waals surface area contributed by atoms with E-state index in [-0.39, 0.29) is 0 Å². The van der Waals surface area contributed by atoms with Crippen LogP contribution in [0.4, 0.5) is 0 Å². The van der Waals surface area contributed by atoms with E-state index in [0.717, 1.165) is 24.5 Å². The number of hydrogen-bond acceptors (Lipinski definition) is 4. The predicted molar refractivity (Wildman–Crippen MR) is 83.8 cm³/mol. The first-order chi connectivity index (χ1) is 9.86. The zero-order chi connectivity index (χ0) is 13.8. The molecule has 0 aliphatic carbocycles. The SMILES string of the molecule is CCc1cnc(CNCc2cncc3ccccc23)s1. The summed E-state index contributed by atoms with van der Waals surface area (Å²) in [4.78, 5) is 10.1. The predicted octanol–water partition coefficient (Wildman–Crippen LogP) is 3.54. The van der Waals surface area contributed by atoms with E-state index in [1.54, 1.807) is 11.3 Å². The second-order valence-electron chi connectivity index (χ2n) is 4.70. The lowest BCUT2D eigenvalue weighted by molar-refractivity contribution is 0.691. The van der Waals surface area contributed by atoms with E-state index in [0.29, 0.717) is 0 Å². The van der Waals surface area contributed by atoms with Crippen LogP contribution in [-0.2, 0) is 19.5 Å². The van der Waals surface area contributed by atoms with Crippen LogP contribution in [0.5, 0.6) is 0 Å². The van der Waals surface area contributed by atoms with Crippen molar-refractivity contribution in [3.05, 3.63) is 58.3 Å². The molecule has 0 atom stereocenters. The van der Waals surface area contributed by atoms with Gasteiger partial charge in [0.05, 0.1) is 0 Å². The molecule has 0 amide bonds. The van der Waals surface area contributed by atoms with Gasteiger partial charge < -0.3 is 5.32 Å². The maximum atomic E-state index is 4.42. The summed E-state index contributed by atoms with van der Waals surface area (Å²) >= 11 is 1.78. The van der Waals surface area contributed by atoms with Gasteiger partial charge in [-0.05, 0) is 17.4 Å². The number of aryl methyl sites for hydroxylation is 1. The fourth-order valence-corrected chi connectivity index (χ4v) is 3.05. The number of nitrogens with zero attached hydrogens (tertiary/aromatic N) is 2. The molecular formula is C16H17N3S. The van der Waals surface area contributed by atoms with Crippen molar-refractivity contribution >= 4 is 22.1 Å². The summed E-state index contributed by atoms with van der Waals surface area (Å²) in [6.45, 7) is 3.79. The van der Waals surface area contributed by atoms with E-state index in [4.69, 9.17) is 0 Å². The van der Waals surface area contributed by atoms with E-state index in [1.165, 1.54) is 21.2 Å². The average Bonchev–Trinajstić information content (AvgIpc) is 2.95. The Labute approximate surface area is 122 Å². The summed E-state index contributed by atoms with van der Waals surface area (Å²) in [6.07, 6.45) is 6.88. The molecule has 3 rings (SSSR count). The van der Waals surface area contributed by atoms with Crippen LogP contribution in [0, 0.1) is 0 Å². The maximum Gasteiger partial charge on any atom is 0.107 e. The molecule has 0 fully saturated rings. The zero-order valence-corrected chi connectivity index (χ0v) is 12.3. The topological polar surface area (TPSA) is 37.8 Å². The molecule has 3 nitrogen and oxygen atoms in total. The van der Waals surface area contributed by atoms with Crippen LogP contribution < -0.4 is 5.32 Å². The normalized spacial score (nSPS) is 11.1. The summed E-state index contributed by atoms with van der Waals surface area (Å²) in [5.74, 6) is 0. The van der Waals surface area contributed by atoms with Crippen LogP contribution in [0.15, 0.2) is 42.9 Å². The smallest absolute Gasteiger partial charge is 0.107 e. The quantitative estimate of drug-likeness (QED) is 0.778. The summed E-state index contributed by atoms with van der Waals surface area (Å²) in [5, 5.41) is 7.06. The fraction of sp³-hybridized carbons (Fsp3) is 0.250. The first kappa shape index (κ1) is 13.2. The number of benzene rings is 1. The minimum Gasteiger partial charge on any atom is -0.306 e. The van der Waals surface area contributed by atoms with Gasteiger partial charge in [0.15, 0.2) is 0 Å². The second-order valence-corrected chi connectivity index (χ2v) is 5.90. The minimum atomic E-state index is 0.813. The van der Waals surface area contributed by atoms with Crippen molar-refractivity contribution in [1.29, 1.82) is 0 Å². The molecule has 0 spiro atoms. The number of fused-ring (bicyclic) bond motifs is 1. The Bertz CT molecular complexity index is 700. The maximum absolute atomic E-state index is 4.42. The van der Waals surface area contributed by atoms with E-state index >= 15 is 0 Å². The number of pyridine rings is 1. The molecule has 0 aliphatic heterocycles. The molecule has 4 heteroatoms. The standard InChI is InChI=1S/C16H17N3S/c1-2-14-10-19-16(20-14)11-18-9-13-8-17-7-12-5-3-4-6-15(12)13/h3-8,10,18H,2,9,11H2,1H3. The third-order valence-corrected chi connectivity index (χ3v) is 4.43. The van der Waals surface area contributed by atoms with Crippen LogP contribution in [0.2, 0.25) is 0 Å². The average molecular weight is 283 g/mol. The van der Waals surface area contributed by atoms with E-state index in [1.807, 2.05) is 24.7 Å². The van der Waals surface area contributed by atoms with Gasteiger partial charge in [-0.25, -0.2) is 4.98 Å². The van der Waals surface area contributed by atoms with Gasteiger partial charge in [0.1, 0.15) is 5.01 Å². The van der Waals surface area contributed by atoms with Crippen molar-refractivity contribution in [2.75, 3.05) is 0 Å². The van der Waals surface area contributed by atoms with Crippen LogP contribution in [0.25, 0.3) is 10.8 Å². The van der Waals surface area contributed by atoms with Crippen molar-refractivity contribution in [2.45, 2.75) is 26.4 Å². The number of nitrogens with one attached hydrogen (secondary N) is 1. The Morgan fingerprint density at radius 1 is 1.10 bits per heavy atom. The third kappa shape index (κ3) is 2.86. The molecule has 2 aromatic heterocycles. The molecule has 0 unspecified atom stereocenters. The van der Waals surface area contributed by atoms with Gasteiger partial charge >= 0.3 is 0 Å². The molecular weight excluding hydrogens is 266 g/mol. The van der Waals surface area contributed by atoms with Crippen LogP contribution in [-0.4, -0.2) is 9.97 Å². The highest BCUT2D eigenvalue weighted by molar-refractivity contribution is 7.11. The van der Waals surface area contributed by atoms with Crippen LogP contribution in [0.3, 0.4) is 0 Å². The molecule has 0 bridgehead atoms. The monoisotopic (exact) mass is 283 g/mol. The summed E-state index contributed by atoms with van der Waals surface area (Å²) < 4.78 is 0. The summed E-state index contributed by atoms with van der Waals surface area (Å²) in [5.41, 5.74) is 1.23. The highest BCUT2D eigenvalue weighted by Gasteiger charge is 2.03. The summed E-state index contributed by atoms with van der Waals surface area (Å²) in [6, 6.07) is 8.36. The van der Waals surface area contributed by atoms with Crippen molar-refractivity contribution in [3.8, 4) is 0 Å². The highest BCUT2D eigenvalue weighted by atomic mass is 32.1. The van der Waals surface area contributed by atoms with Gasteiger partial charge in [0.25, 0.3) is 0 Å². The Hall–Kier alpha value is -1.78. The minimum absolute atomic E-state index is 0.813. The van der Waals surface area contributed by atoms with E-state index in [2.05, 4.69) is 40.4 Å². The number of aromatic nitrogens is 2. The Morgan fingerprint density at radius 2 is 2.00 bits per heavy atom. The molecule has 0 saturated heterocycles. The van der Waals surface area contributed by atoms with Gasteiger partial charge in [-0.1, -0.05) is 31.2 Å². The molecule has 0 aliphatic rings. The number of thiazole rings is 1. The Kier molecular flexibility index (Phi) is 4.04. The molecule has 20 heavy (non-hydrogen) atoms. The molecule has 0 saturated carbocycles. The highest BCUT2D eigenvalue weighted by Crippen LogP contribution is 2.17. The first-order valence-electron chi connectivity index (χ1n) is 6.82. The number of hydrogen-bond donors (Lipinski definition) is 1. The van der Waals surface area contributed by atoms with Crippen LogP contribution >= 0.6 is 11.3 Å². The van der Waals surface area contributed by atoms with Gasteiger partial charge in [-0.2, -0.15) is 0 Å². The molecule has 1 N–H and O–H groups in total. The largest absolute Gasteiger partial charge is 0.306 e. The fourth-order valence-electron chi connectivity index (χ4n) is 2.22. The van der Waals surface area contributed by atoms with Gasteiger partial charge in [0.2, 0.25) is 0 Å². The van der Waals surface area contributed by atoms with Crippen molar-refractivity contribution < 1.29 is 0 Å². The summed E-state index contributed by atoms with van der Waals surface area (Å²) in [7, 11) is 0. The lowest BCUT2D eigenvalue weighted by Gasteiger charge is -2.06. The molecule has 1 aromatic carbocycles. The van der Waals surface area contributed by atoms with Crippen molar-refractivity contribution in [2.24, 2.45) is 0 Å². The lowest BCUT2D eigenvalue weighted by Crippen LogP contribution is -2.12. The molecule has 0 radical (unpaired) electrons. The Balaban J connectivity index is 1.68. The van der Waals surface area contributed by atoms with E-state index in [9.17, 15) is 0 Å². The number of rotatable bonds is 5. The Morgan fingerprint density at radius 3 is 2.85 bits per heavy atom. The molecule has 2 heterocycles. The van der Waals surface area contributed by atoms with E-state index < -0.39 is 0 Å².